The third-order valence-corrected chi connectivity index (χ3v) is 2.03. The molecule has 0 fully saturated rings. The molecule has 0 aliphatic heterocycles. The van der Waals surface area contributed by atoms with Crippen LogP contribution in [-0.2, 0) is 19.1 Å². The molecule has 6 nitrogen and oxygen atoms in total. The second-order valence-corrected chi connectivity index (χ2v) is 4.34. The van der Waals surface area contributed by atoms with Gasteiger partial charge in [0.25, 0.3) is 0 Å². The highest BCUT2D eigenvalue weighted by Crippen LogP contribution is 1.97. The molecule has 0 atom stereocenters. The third kappa shape index (κ3) is 11.3. The second kappa shape index (κ2) is 11.0. The van der Waals surface area contributed by atoms with Crippen molar-refractivity contribution < 1.29 is 19.1 Å². The highest BCUT2D eigenvalue weighted by Gasteiger charge is 2.04. The first kappa shape index (κ1) is 16.9. The van der Waals surface area contributed by atoms with Crippen LogP contribution >= 0.6 is 0 Å². The Bertz CT molecular complexity index is 244. The molecule has 2 N–H and O–H groups in total. The van der Waals surface area contributed by atoms with E-state index in [2.05, 4.69) is 10.6 Å². The first-order valence-electron chi connectivity index (χ1n) is 6.16. The van der Waals surface area contributed by atoms with Crippen LogP contribution in [0.4, 0.5) is 0 Å². The Hall–Kier alpha value is -1.14. The van der Waals surface area contributed by atoms with E-state index in [9.17, 15) is 9.59 Å². The lowest BCUT2D eigenvalue weighted by Crippen LogP contribution is -2.36. The minimum atomic E-state index is -0.191. The summed E-state index contributed by atoms with van der Waals surface area (Å²) < 4.78 is 9.82. The van der Waals surface area contributed by atoms with Crippen molar-refractivity contribution in [3.63, 3.8) is 0 Å². The molecular formula is C12H24N2O4. The summed E-state index contributed by atoms with van der Waals surface area (Å²) >= 11 is 0. The molecule has 0 aliphatic carbocycles. The largest absolute Gasteiger partial charge is 0.382 e. The van der Waals surface area contributed by atoms with E-state index in [0.717, 1.165) is 0 Å². The van der Waals surface area contributed by atoms with Gasteiger partial charge in [0.2, 0.25) is 11.8 Å². The minimum Gasteiger partial charge on any atom is -0.382 e. The average molecular weight is 260 g/mol. The van der Waals surface area contributed by atoms with Gasteiger partial charge >= 0.3 is 0 Å². The maximum Gasteiger partial charge on any atom is 0.246 e. The molecule has 0 heterocycles. The molecule has 0 unspecified atom stereocenters. The molecule has 0 aromatic carbocycles. The van der Waals surface area contributed by atoms with Gasteiger partial charge in [-0.1, -0.05) is 13.8 Å². The standard InChI is InChI=1S/C12H24N2O4/c1-10(2)8-11(15)13-4-5-14-12(16)9-18-7-6-17-3/h10H,4-9H2,1-3H3,(H,13,15)(H,14,16). The lowest BCUT2D eigenvalue weighted by Gasteiger charge is -2.08. The zero-order valence-corrected chi connectivity index (χ0v) is 11.5. The number of ether oxygens (including phenoxy) is 2. The van der Waals surface area contributed by atoms with Gasteiger partial charge in [-0.15, -0.1) is 0 Å². The van der Waals surface area contributed by atoms with Gasteiger partial charge in [-0.05, 0) is 5.92 Å². The Balaban J connectivity index is 3.37. The van der Waals surface area contributed by atoms with E-state index in [4.69, 9.17) is 9.47 Å². The molecule has 106 valence electrons. The van der Waals surface area contributed by atoms with Crippen molar-refractivity contribution in [2.75, 3.05) is 40.0 Å². The van der Waals surface area contributed by atoms with Crippen LogP contribution in [0.5, 0.6) is 0 Å². The number of hydrogen-bond donors (Lipinski definition) is 2. The molecule has 0 saturated heterocycles. The van der Waals surface area contributed by atoms with Crippen molar-refractivity contribution in [1.29, 1.82) is 0 Å². The van der Waals surface area contributed by atoms with Crippen LogP contribution in [0.2, 0.25) is 0 Å². The number of carbonyl (C=O) groups excluding carboxylic acids is 2. The fourth-order valence-electron chi connectivity index (χ4n) is 1.20. The van der Waals surface area contributed by atoms with E-state index < -0.39 is 0 Å². The summed E-state index contributed by atoms with van der Waals surface area (Å²) in [7, 11) is 1.57. The zero-order valence-electron chi connectivity index (χ0n) is 11.5. The van der Waals surface area contributed by atoms with Gasteiger partial charge in [0, 0.05) is 26.6 Å². The maximum absolute atomic E-state index is 11.3. The molecule has 6 heteroatoms. The second-order valence-electron chi connectivity index (χ2n) is 4.34. The third-order valence-electron chi connectivity index (χ3n) is 2.03. The molecule has 0 radical (unpaired) electrons. The lowest BCUT2D eigenvalue weighted by atomic mass is 10.1. The van der Waals surface area contributed by atoms with E-state index >= 15 is 0 Å². The molecule has 0 aromatic heterocycles. The van der Waals surface area contributed by atoms with Crippen LogP contribution in [0.3, 0.4) is 0 Å². The molecule has 0 aromatic rings. The van der Waals surface area contributed by atoms with Gasteiger partial charge in [0.15, 0.2) is 0 Å². The van der Waals surface area contributed by atoms with Crippen LogP contribution in [0, 0.1) is 5.92 Å². The lowest BCUT2D eigenvalue weighted by molar-refractivity contribution is -0.126. The first-order valence-corrected chi connectivity index (χ1v) is 6.16. The van der Waals surface area contributed by atoms with Gasteiger partial charge in [-0.25, -0.2) is 0 Å². The van der Waals surface area contributed by atoms with Gasteiger partial charge in [-0.2, -0.15) is 0 Å². The van der Waals surface area contributed by atoms with Crippen molar-refractivity contribution in [2.24, 2.45) is 5.92 Å². The monoisotopic (exact) mass is 260 g/mol. The Morgan fingerprint density at radius 2 is 1.67 bits per heavy atom. The van der Waals surface area contributed by atoms with E-state index in [1.165, 1.54) is 0 Å². The highest BCUT2D eigenvalue weighted by molar-refractivity contribution is 5.77. The summed E-state index contributed by atoms with van der Waals surface area (Å²) in [5.74, 6) is 0.161. The molecule has 0 aliphatic rings. The van der Waals surface area contributed by atoms with Gasteiger partial charge in [0.1, 0.15) is 6.61 Å². The molecule has 2 amide bonds. The minimum absolute atomic E-state index is 0.00981. The van der Waals surface area contributed by atoms with E-state index in [1.54, 1.807) is 7.11 Å². The summed E-state index contributed by atoms with van der Waals surface area (Å²) in [5, 5.41) is 5.38. The topological polar surface area (TPSA) is 76.7 Å². The van der Waals surface area contributed by atoms with Crippen LogP contribution in [0.1, 0.15) is 20.3 Å². The predicted molar refractivity (Wildman–Crippen MR) is 68.2 cm³/mol. The SMILES string of the molecule is COCCOCC(=O)NCCNC(=O)CC(C)C. The van der Waals surface area contributed by atoms with Crippen molar-refractivity contribution in [3.8, 4) is 0 Å². The molecule has 18 heavy (non-hydrogen) atoms. The number of methoxy groups -OCH3 is 1. The predicted octanol–water partition coefficient (Wildman–Crippen LogP) is -0.0721. The molecular weight excluding hydrogens is 236 g/mol. The van der Waals surface area contributed by atoms with Gasteiger partial charge in [-0.3, -0.25) is 9.59 Å². The van der Waals surface area contributed by atoms with E-state index in [-0.39, 0.29) is 18.4 Å². The van der Waals surface area contributed by atoms with Gasteiger partial charge in [0.05, 0.1) is 13.2 Å². The van der Waals surface area contributed by atoms with E-state index in [1.807, 2.05) is 13.8 Å². The number of hydrogen-bond acceptors (Lipinski definition) is 4. The highest BCUT2D eigenvalue weighted by atomic mass is 16.5. The fourth-order valence-corrected chi connectivity index (χ4v) is 1.20. The number of nitrogens with one attached hydrogen (secondary N) is 2. The van der Waals surface area contributed by atoms with Crippen molar-refractivity contribution in [2.45, 2.75) is 20.3 Å². The molecule has 0 saturated carbocycles. The smallest absolute Gasteiger partial charge is 0.246 e. The average Bonchev–Trinajstić information content (AvgIpc) is 2.29. The van der Waals surface area contributed by atoms with Crippen LogP contribution in [0.25, 0.3) is 0 Å². The first-order chi connectivity index (χ1) is 8.56. The fraction of sp³-hybridized carbons (Fsp3) is 0.833. The van der Waals surface area contributed by atoms with Crippen LogP contribution in [-0.4, -0.2) is 51.8 Å². The zero-order chi connectivity index (χ0) is 13.8. The van der Waals surface area contributed by atoms with Crippen molar-refractivity contribution in [1.82, 2.24) is 10.6 Å². The van der Waals surface area contributed by atoms with E-state index in [0.29, 0.717) is 38.6 Å². The Labute approximate surface area is 108 Å². The normalized spacial score (nSPS) is 10.4. The Kier molecular flexibility index (Phi) is 10.3. The number of amides is 2. The molecule has 0 bridgehead atoms. The Morgan fingerprint density at radius 3 is 2.22 bits per heavy atom. The van der Waals surface area contributed by atoms with Crippen molar-refractivity contribution in [3.05, 3.63) is 0 Å². The quantitative estimate of drug-likeness (QED) is 0.539. The summed E-state index contributed by atoms with van der Waals surface area (Å²) in [4.78, 5) is 22.5. The van der Waals surface area contributed by atoms with Crippen LogP contribution in [0.15, 0.2) is 0 Å². The molecule has 0 spiro atoms. The summed E-state index contributed by atoms with van der Waals surface area (Å²) in [5.41, 5.74) is 0. The Morgan fingerprint density at radius 1 is 1.06 bits per heavy atom. The maximum atomic E-state index is 11.3. The number of rotatable bonds is 10. The van der Waals surface area contributed by atoms with Crippen LogP contribution < -0.4 is 10.6 Å². The van der Waals surface area contributed by atoms with Crippen molar-refractivity contribution >= 4 is 11.8 Å². The summed E-state index contributed by atoms with van der Waals surface area (Å²) in [6, 6.07) is 0. The van der Waals surface area contributed by atoms with Gasteiger partial charge < -0.3 is 20.1 Å². The summed E-state index contributed by atoms with van der Waals surface area (Å²) in [6.45, 7) is 5.71. The molecule has 0 rings (SSSR count). The number of carbonyl (C=O) groups is 2. The summed E-state index contributed by atoms with van der Waals surface area (Å²) in [6.07, 6.45) is 0.508.